The maximum atomic E-state index is 5.81. The van der Waals surface area contributed by atoms with Gasteiger partial charge in [0, 0.05) is 32.2 Å². The number of hydrogen-bond acceptors (Lipinski definition) is 6. The van der Waals surface area contributed by atoms with Crippen molar-refractivity contribution in [1.82, 2.24) is 25.1 Å². The lowest BCUT2D eigenvalue weighted by molar-refractivity contribution is 0.187. The number of nitrogens with zero attached hydrogens (tertiary/aromatic N) is 5. The Labute approximate surface area is 123 Å². The molecule has 7 nitrogen and oxygen atoms in total. The summed E-state index contributed by atoms with van der Waals surface area (Å²) in [5.41, 5.74) is 6.53. The van der Waals surface area contributed by atoms with E-state index in [1.165, 1.54) is 25.7 Å². The molecule has 2 aromatic heterocycles. The Kier molecular flexibility index (Phi) is 3.14. The Hall–Kier alpha value is -1.89. The van der Waals surface area contributed by atoms with Crippen molar-refractivity contribution >= 4 is 22.8 Å². The van der Waals surface area contributed by atoms with Gasteiger partial charge >= 0.3 is 0 Å². The van der Waals surface area contributed by atoms with Crippen molar-refractivity contribution in [3.8, 4) is 0 Å². The number of aromatic nitrogens is 4. The molecule has 1 aliphatic heterocycles. The quantitative estimate of drug-likeness (QED) is 0.857. The molecule has 0 unspecified atom stereocenters. The zero-order chi connectivity index (χ0) is 14.2. The number of nitrogen functional groups attached to an aromatic ring is 1. The molecule has 7 heteroatoms. The molecule has 0 atom stereocenters. The van der Waals surface area contributed by atoms with E-state index in [2.05, 4.69) is 30.0 Å². The van der Waals surface area contributed by atoms with Gasteiger partial charge in [0.1, 0.15) is 5.82 Å². The van der Waals surface area contributed by atoms with Crippen molar-refractivity contribution in [3.05, 3.63) is 6.20 Å². The second-order valence-corrected chi connectivity index (χ2v) is 6.00. The Bertz CT molecular complexity index is 623. The van der Waals surface area contributed by atoms with Crippen molar-refractivity contribution in [2.75, 3.05) is 36.8 Å². The molecular formula is C14H21N7. The summed E-state index contributed by atoms with van der Waals surface area (Å²) in [4.78, 5) is 13.6. The van der Waals surface area contributed by atoms with Crippen LogP contribution < -0.4 is 10.6 Å². The number of H-pyrrole nitrogens is 1. The third-order valence-corrected chi connectivity index (χ3v) is 4.76. The maximum Gasteiger partial charge on any atom is 0.224 e. The highest BCUT2D eigenvalue weighted by molar-refractivity contribution is 5.87. The molecule has 3 N–H and O–H groups in total. The van der Waals surface area contributed by atoms with Crippen LogP contribution in [0.4, 0.5) is 11.8 Å². The molecule has 0 amide bonds. The topological polar surface area (TPSA) is 87.0 Å². The molecule has 2 aliphatic rings. The van der Waals surface area contributed by atoms with Gasteiger partial charge in [-0.25, -0.2) is 0 Å². The average molecular weight is 287 g/mol. The first-order chi connectivity index (χ1) is 10.3. The summed E-state index contributed by atoms with van der Waals surface area (Å²) in [6.45, 7) is 4.20. The van der Waals surface area contributed by atoms with E-state index in [0.717, 1.165) is 49.1 Å². The van der Waals surface area contributed by atoms with Gasteiger partial charge in [0.2, 0.25) is 5.95 Å². The first-order valence-corrected chi connectivity index (χ1v) is 7.77. The number of aromatic amines is 1. The predicted octanol–water partition coefficient (Wildman–Crippen LogP) is 1.000. The molecule has 2 fully saturated rings. The summed E-state index contributed by atoms with van der Waals surface area (Å²) in [7, 11) is 0. The molecular weight excluding hydrogens is 266 g/mol. The van der Waals surface area contributed by atoms with Gasteiger partial charge in [-0.2, -0.15) is 15.1 Å². The van der Waals surface area contributed by atoms with E-state index in [1.807, 2.05) is 0 Å². The highest BCUT2D eigenvalue weighted by atomic mass is 15.3. The predicted molar refractivity (Wildman–Crippen MR) is 82.1 cm³/mol. The number of nitrogens with one attached hydrogen (secondary N) is 1. The van der Waals surface area contributed by atoms with Crippen LogP contribution in [0.1, 0.15) is 25.7 Å². The Morgan fingerprint density at radius 1 is 1.10 bits per heavy atom. The third-order valence-electron chi connectivity index (χ3n) is 4.76. The van der Waals surface area contributed by atoms with Crippen LogP contribution in [-0.2, 0) is 0 Å². The molecule has 1 saturated carbocycles. The fourth-order valence-corrected chi connectivity index (χ4v) is 3.65. The highest BCUT2D eigenvalue weighted by Crippen LogP contribution is 2.27. The van der Waals surface area contributed by atoms with E-state index in [0.29, 0.717) is 5.95 Å². The van der Waals surface area contributed by atoms with Crippen LogP contribution in [0.5, 0.6) is 0 Å². The van der Waals surface area contributed by atoms with E-state index in [-0.39, 0.29) is 0 Å². The van der Waals surface area contributed by atoms with E-state index in [4.69, 9.17) is 5.73 Å². The molecule has 21 heavy (non-hydrogen) atoms. The van der Waals surface area contributed by atoms with Crippen molar-refractivity contribution in [1.29, 1.82) is 0 Å². The maximum absolute atomic E-state index is 5.81. The van der Waals surface area contributed by atoms with Gasteiger partial charge in [-0.15, -0.1) is 0 Å². The van der Waals surface area contributed by atoms with Crippen LogP contribution in [0.25, 0.3) is 11.0 Å². The summed E-state index contributed by atoms with van der Waals surface area (Å²) < 4.78 is 0. The van der Waals surface area contributed by atoms with Gasteiger partial charge in [-0.3, -0.25) is 10.00 Å². The minimum Gasteiger partial charge on any atom is -0.368 e. The molecule has 3 heterocycles. The lowest BCUT2D eigenvalue weighted by Crippen LogP contribution is -2.50. The molecule has 4 rings (SSSR count). The van der Waals surface area contributed by atoms with Gasteiger partial charge < -0.3 is 10.6 Å². The summed E-state index contributed by atoms with van der Waals surface area (Å²) >= 11 is 0. The molecule has 0 radical (unpaired) electrons. The molecule has 0 spiro atoms. The van der Waals surface area contributed by atoms with E-state index < -0.39 is 0 Å². The minimum absolute atomic E-state index is 0.306. The molecule has 112 valence electrons. The smallest absolute Gasteiger partial charge is 0.224 e. The van der Waals surface area contributed by atoms with Crippen molar-refractivity contribution in [2.45, 2.75) is 31.7 Å². The summed E-state index contributed by atoms with van der Waals surface area (Å²) in [5.74, 6) is 1.22. The Balaban J connectivity index is 1.53. The van der Waals surface area contributed by atoms with Crippen LogP contribution in [0, 0.1) is 0 Å². The fraction of sp³-hybridized carbons (Fsp3) is 0.643. The first-order valence-electron chi connectivity index (χ1n) is 7.77. The van der Waals surface area contributed by atoms with Gasteiger partial charge in [0.25, 0.3) is 0 Å². The average Bonchev–Trinajstić information content (AvgIpc) is 3.17. The van der Waals surface area contributed by atoms with Crippen LogP contribution >= 0.6 is 0 Å². The van der Waals surface area contributed by atoms with Gasteiger partial charge in [-0.05, 0) is 12.8 Å². The van der Waals surface area contributed by atoms with Gasteiger partial charge in [-0.1, -0.05) is 12.8 Å². The molecule has 0 bridgehead atoms. The monoisotopic (exact) mass is 287 g/mol. The Morgan fingerprint density at radius 3 is 2.62 bits per heavy atom. The normalized spacial score (nSPS) is 21.4. The summed E-state index contributed by atoms with van der Waals surface area (Å²) in [5, 5.41) is 7.89. The molecule has 2 aromatic rings. The lowest BCUT2D eigenvalue weighted by Gasteiger charge is -2.38. The number of anilines is 2. The number of rotatable bonds is 2. The van der Waals surface area contributed by atoms with Crippen molar-refractivity contribution < 1.29 is 0 Å². The largest absolute Gasteiger partial charge is 0.368 e. The molecule has 1 saturated heterocycles. The summed E-state index contributed by atoms with van der Waals surface area (Å²) in [6, 6.07) is 0.802. The zero-order valence-corrected chi connectivity index (χ0v) is 12.1. The van der Waals surface area contributed by atoms with Crippen LogP contribution in [-0.4, -0.2) is 57.3 Å². The minimum atomic E-state index is 0.306. The first kappa shape index (κ1) is 12.8. The zero-order valence-electron chi connectivity index (χ0n) is 12.1. The number of piperazine rings is 1. The highest BCUT2D eigenvalue weighted by Gasteiger charge is 2.27. The van der Waals surface area contributed by atoms with E-state index in [9.17, 15) is 0 Å². The van der Waals surface area contributed by atoms with Crippen LogP contribution in [0.15, 0.2) is 6.20 Å². The standard InChI is InChI=1S/C14H21N7/c15-14-17-12-11(9-16-19-12)13(18-14)21-7-5-20(6-8-21)10-3-1-2-4-10/h9-10H,1-8H2,(H3,15,16,17,18,19). The van der Waals surface area contributed by atoms with Crippen LogP contribution in [0.2, 0.25) is 0 Å². The molecule has 1 aliphatic carbocycles. The van der Waals surface area contributed by atoms with E-state index in [1.54, 1.807) is 6.20 Å². The second kappa shape index (κ2) is 5.14. The van der Waals surface area contributed by atoms with Gasteiger partial charge in [0.15, 0.2) is 5.65 Å². The van der Waals surface area contributed by atoms with Crippen LogP contribution in [0.3, 0.4) is 0 Å². The van der Waals surface area contributed by atoms with Crippen molar-refractivity contribution in [3.63, 3.8) is 0 Å². The summed E-state index contributed by atoms with van der Waals surface area (Å²) in [6.07, 6.45) is 7.30. The molecule has 0 aromatic carbocycles. The third kappa shape index (κ3) is 2.31. The number of nitrogens with two attached hydrogens (primary N) is 1. The van der Waals surface area contributed by atoms with E-state index >= 15 is 0 Å². The SMILES string of the molecule is Nc1nc(N2CCN(C3CCCC3)CC2)c2cn[nH]c2n1. The second-order valence-electron chi connectivity index (χ2n) is 6.00. The Morgan fingerprint density at radius 2 is 1.86 bits per heavy atom. The fourth-order valence-electron chi connectivity index (χ4n) is 3.65. The van der Waals surface area contributed by atoms with Gasteiger partial charge in [0.05, 0.1) is 11.6 Å². The number of hydrogen-bond donors (Lipinski definition) is 2. The van der Waals surface area contributed by atoms with Crippen molar-refractivity contribution in [2.24, 2.45) is 0 Å². The lowest BCUT2D eigenvalue weighted by atomic mass is 10.2. The number of fused-ring (bicyclic) bond motifs is 1.